The highest BCUT2D eigenvalue weighted by Gasteiger charge is 2.25. The summed E-state index contributed by atoms with van der Waals surface area (Å²) in [7, 11) is 1.71. The fourth-order valence-electron chi connectivity index (χ4n) is 3.12. The molecule has 0 bridgehead atoms. The number of benzene rings is 1. The number of likely N-dealkylation sites (tertiary alicyclic amines) is 1. The Morgan fingerprint density at radius 3 is 2.62 bits per heavy atom. The Bertz CT molecular complexity index is 553. The number of rotatable bonds is 5. The van der Waals surface area contributed by atoms with Crippen LogP contribution in [0.2, 0.25) is 0 Å². The lowest BCUT2D eigenvalue weighted by molar-refractivity contribution is 0.260. The van der Waals surface area contributed by atoms with Gasteiger partial charge in [0, 0.05) is 25.0 Å². The minimum atomic E-state index is 0.553. The molecule has 1 aromatic carbocycles. The molecule has 1 aliphatic heterocycles. The molecule has 0 aliphatic carbocycles. The van der Waals surface area contributed by atoms with E-state index in [-0.39, 0.29) is 0 Å². The van der Waals surface area contributed by atoms with Gasteiger partial charge in [0.05, 0.1) is 7.11 Å². The zero-order valence-corrected chi connectivity index (χ0v) is 12.5. The average molecular weight is 282 g/mol. The summed E-state index contributed by atoms with van der Waals surface area (Å²) in [5.41, 5.74) is 2.77. The molecule has 1 fully saturated rings. The summed E-state index contributed by atoms with van der Waals surface area (Å²) >= 11 is 0. The Morgan fingerprint density at radius 1 is 1.14 bits per heavy atom. The van der Waals surface area contributed by atoms with Gasteiger partial charge >= 0.3 is 0 Å². The summed E-state index contributed by atoms with van der Waals surface area (Å²) in [6.45, 7) is 2.31. The summed E-state index contributed by atoms with van der Waals surface area (Å²) in [6.07, 6.45) is 7.38. The van der Waals surface area contributed by atoms with Crippen LogP contribution in [0.25, 0.3) is 0 Å². The zero-order chi connectivity index (χ0) is 14.5. The fraction of sp³-hybridized carbons (Fsp3) is 0.389. The van der Waals surface area contributed by atoms with Crippen molar-refractivity contribution in [1.29, 1.82) is 0 Å². The highest BCUT2D eigenvalue weighted by Crippen LogP contribution is 2.32. The molecule has 1 unspecified atom stereocenters. The van der Waals surface area contributed by atoms with Crippen LogP contribution in [0, 0.1) is 0 Å². The lowest BCUT2D eigenvalue weighted by Gasteiger charge is -2.25. The van der Waals surface area contributed by atoms with Crippen molar-refractivity contribution >= 4 is 0 Å². The van der Waals surface area contributed by atoms with Crippen molar-refractivity contribution < 1.29 is 4.74 Å². The zero-order valence-electron chi connectivity index (χ0n) is 12.5. The molecule has 0 N–H and O–H groups in total. The van der Waals surface area contributed by atoms with E-state index < -0.39 is 0 Å². The number of hydrogen-bond donors (Lipinski definition) is 0. The van der Waals surface area contributed by atoms with E-state index in [1.807, 2.05) is 12.4 Å². The van der Waals surface area contributed by atoms with Crippen LogP contribution < -0.4 is 4.74 Å². The Labute approximate surface area is 126 Å². The lowest BCUT2D eigenvalue weighted by Crippen LogP contribution is -2.25. The smallest absolute Gasteiger partial charge is 0.118 e. The molecular formula is C18H22N2O. The molecule has 0 saturated carbocycles. The summed E-state index contributed by atoms with van der Waals surface area (Å²) in [5, 5.41) is 0. The molecule has 1 saturated heterocycles. The van der Waals surface area contributed by atoms with E-state index in [4.69, 9.17) is 4.74 Å². The van der Waals surface area contributed by atoms with E-state index in [9.17, 15) is 0 Å². The van der Waals surface area contributed by atoms with Crippen LogP contribution >= 0.6 is 0 Å². The highest BCUT2D eigenvalue weighted by molar-refractivity contribution is 5.29. The SMILES string of the molecule is COc1ccc(C2CCCN2CCc2ccncc2)cc1. The molecule has 0 radical (unpaired) electrons. The van der Waals surface area contributed by atoms with E-state index in [0.29, 0.717) is 6.04 Å². The quantitative estimate of drug-likeness (QED) is 0.839. The first-order valence-electron chi connectivity index (χ1n) is 7.64. The van der Waals surface area contributed by atoms with Crippen LogP contribution in [-0.4, -0.2) is 30.1 Å². The largest absolute Gasteiger partial charge is 0.497 e. The van der Waals surface area contributed by atoms with Crippen LogP contribution in [0.1, 0.15) is 30.0 Å². The fourth-order valence-corrected chi connectivity index (χ4v) is 3.12. The summed E-state index contributed by atoms with van der Waals surface area (Å²) in [5.74, 6) is 0.931. The van der Waals surface area contributed by atoms with E-state index in [0.717, 1.165) is 18.7 Å². The minimum Gasteiger partial charge on any atom is -0.497 e. The van der Waals surface area contributed by atoms with Gasteiger partial charge in [-0.2, -0.15) is 0 Å². The third kappa shape index (κ3) is 3.42. The second-order valence-corrected chi connectivity index (χ2v) is 5.57. The number of ether oxygens (including phenoxy) is 1. The first-order chi connectivity index (χ1) is 10.4. The first-order valence-corrected chi connectivity index (χ1v) is 7.64. The van der Waals surface area contributed by atoms with E-state index in [2.05, 4.69) is 46.3 Å². The molecule has 3 nitrogen and oxygen atoms in total. The molecule has 3 rings (SSSR count). The maximum absolute atomic E-state index is 5.24. The van der Waals surface area contributed by atoms with E-state index >= 15 is 0 Å². The minimum absolute atomic E-state index is 0.553. The first kappa shape index (κ1) is 14.1. The van der Waals surface area contributed by atoms with Gasteiger partial charge in [-0.3, -0.25) is 9.88 Å². The topological polar surface area (TPSA) is 25.4 Å². The molecule has 21 heavy (non-hydrogen) atoms. The van der Waals surface area contributed by atoms with E-state index in [1.165, 1.54) is 30.5 Å². The van der Waals surface area contributed by atoms with Gasteiger partial charge in [-0.05, 0) is 61.2 Å². The van der Waals surface area contributed by atoms with Crippen LogP contribution in [-0.2, 0) is 6.42 Å². The molecule has 2 aromatic rings. The molecule has 2 heterocycles. The number of aromatic nitrogens is 1. The van der Waals surface area contributed by atoms with Gasteiger partial charge in [-0.15, -0.1) is 0 Å². The predicted molar refractivity (Wildman–Crippen MR) is 84.5 cm³/mol. The van der Waals surface area contributed by atoms with Crippen molar-refractivity contribution in [3.8, 4) is 5.75 Å². The lowest BCUT2D eigenvalue weighted by atomic mass is 10.0. The molecule has 1 atom stereocenters. The molecule has 110 valence electrons. The predicted octanol–water partition coefficient (Wildman–Crippen LogP) is 3.47. The van der Waals surface area contributed by atoms with Crippen LogP contribution in [0.3, 0.4) is 0 Å². The van der Waals surface area contributed by atoms with E-state index in [1.54, 1.807) is 7.11 Å². The van der Waals surface area contributed by atoms with Gasteiger partial charge < -0.3 is 4.74 Å². The van der Waals surface area contributed by atoms with Crippen molar-refractivity contribution in [2.75, 3.05) is 20.2 Å². The molecule has 3 heteroatoms. The molecule has 0 spiro atoms. The van der Waals surface area contributed by atoms with Gasteiger partial charge in [0.25, 0.3) is 0 Å². The van der Waals surface area contributed by atoms with Gasteiger partial charge in [0.2, 0.25) is 0 Å². The second-order valence-electron chi connectivity index (χ2n) is 5.57. The van der Waals surface area contributed by atoms with Crippen LogP contribution in [0.5, 0.6) is 5.75 Å². The maximum Gasteiger partial charge on any atom is 0.118 e. The van der Waals surface area contributed by atoms with Crippen molar-refractivity contribution in [2.24, 2.45) is 0 Å². The van der Waals surface area contributed by atoms with Gasteiger partial charge in [-0.1, -0.05) is 12.1 Å². The van der Waals surface area contributed by atoms with Gasteiger partial charge in [-0.25, -0.2) is 0 Å². The Kier molecular flexibility index (Phi) is 4.51. The van der Waals surface area contributed by atoms with Crippen molar-refractivity contribution in [3.05, 3.63) is 59.9 Å². The third-order valence-corrected chi connectivity index (χ3v) is 4.30. The monoisotopic (exact) mass is 282 g/mol. The number of pyridine rings is 1. The van der Waals surface area contributed by atoms with Crippen molar-refractivity contribution in [3.63, 3.8) is 0 Å². The summed E-state index contributed by atoms with van der Waals surface area (Å²) < 4.78 is 5.24. The molecule has 0 amide bonds. The number of methoxy groups -OCH3 is 1. The number of hydrogen-bond acceptors (Lipinski definition) is 3. The Balaban J connectivity index is 1.64. The Hall–Kier alpha value is -1.87. The summed E-state index contributed by atoms with van der Waals surface area (Å²) in [6, 6.07) is 13.3. The van der Waals surface area contributed by atoms with Gasteiger partial charge in [0.1, 0.15) is 5.75 Å². The third-order valence-electron chi connectivity index (χ3n) is 4.30. The normalized spacial score (nSPS) is 18.8. The standard InChI is InChI=1S/C18H22N2O/c1-21-17-6-4-16(5-7-17)18-3-2-13-20(18)14-10-15-8-11-19-12-9-15/h4-9,11-12,18H,2-3,10,13-14H2,1H3. The summed E-state index contributed by atoms with van der Waals surface area (Å²) in [4.78, 5) is 6.68. The van der Waals surface area contributed by atoms with Crippen LogP contribution in [0.15, 0.2) is 48.8 Å². The molecule has 1 aliphatic rings. The van der Waals surface area contributed by atoms with Crippen LogP contribution in [0.4, 0.5) is 0 Å². The van der Waals surface area contributed by atoms with Crippen molar-refractivity contribution in [1.82, 2.24) is 9.88 Å². The Morgan fingerprint density at radius 2 is 1.90 bits per heavy atom. The second kappa shape index (κ2) is 6.72. The molecular weight excluding hydrogens is 260 g/mol. The van der Waals surface area contributed by atoms with Crippen molar-refractivity contribution in [2.45, 2.75) is 25.3 Å². The average Bonchev–Trinajstić information content (AvgIpc) is 3.02. The number of nitrogens with zero attached hydrogens (tertiary/aromatic N) is 2. The maximum atomic E-state index is 5.24. The highest BCUT2D eigenvalue weighted by atomic mass is 16.5. The molecule has 1 aromatic heterocycles. The van der Waals surface area contributed by atoms with Gasteiger partial charge in [0.15, 0.2) is 0 Å².